The molecule has 16 nitrogen and oxygen atoms in total. The van der Waals surface area contributed by atoms with Gasteiger partial charge >= 0.3 is 24.1 Å². The first-order valence-corrected chi connectivity index (χ1v) is 27.3. The fourth-order valence-electron chi connectivity index (χ4n) is 9.46. The number of alkyl halides is 2. The van der Waals surface area contributed by atoms with Gasteiger partial charge in [0.1, 0.15) is 18.8 Å². The van der Waals surface area contributed by atoms with Gasteiger partial charge in [-0.15, -0.1) is 22.7 Å². The number of halogens is 2. The number of alkyl carbamates (subject to hydrolysis) is 2. The first-order valence-electron chi connectivity index (χ1n) is 24.2. The Kier molecular flexibility index (Phi) is 16.8. The largest absolute Gasteiger partial charge is 0.462 e. The van der Waals surface area contributed by atoms with E-state index in [1.165, 1.54) is 39.9 Å². The highest BCUT2D eigenvalue weighted by atomic mass is 32.2. The third-order valence-corrected chi connectivity index (χ3v) is 17.1. The van der Waals surface area contributed by atoms with Gasteiger partial charge in [-0.3, -0.25) is 4.79 Å². The van der Waals surface area contributed by atoms with Crippen molar-refractivity contribution in [3.8, 4) is 10.4 Å². The van der Waals surface area contributed by atoms with Crippen molar-refractivity contribution in [3.63, 3.8) is 0 Å². The standard InChI is InChI=1S/C52H60F2N4O12S3/c1-31(2)27-65-48(60)46-37-23-51(4,5)19-17-43(37)72-47(46)35-13-11-34(12-14-35)24-55-49(61)66-29-52-38(18-20-67-52)42(28-68-52)70-50(62)57-40(21-33-9-7-6-8-10-33)41(69-32(3)59)25-58(26-45(53)54)73(63,64)36-15-16-39-44(22-36)71-30-56-39/h6-16,22,30-31,38,40-42,45H,17-21,23-29H2,1-5H3,(H,55,61)(H,57,62)/t38-,40-,41+,42-,52+/m0/s1. The second-order valence-electron chi connectivity index (χ2n) is 19.8. The number of carbonyl (C=O) groups is 4. The second kappa shape index (κ2) is 22.9. The first kappa shape index (κ1) is 53.7. The van der Waals surface area contributed by atoms with Crippen molar-refractivity contribution in [2.75, 3.05) is 39.5 Å². The Balaban J connectivity index is 0.902. The molecule has 2 N–H and O–H groups in total. The van der Waals surface area contributed by atoms with E-state index < -0.39 is 77.6 Å². The number of benzene rings is 3. The van der Waals surface area contributed by atoms with E-state index in [4.69, 9.17) is 28.4 Å². The van der Waals surface area contributed by atoms with Crippen molar-refractivity contribution >= 4 is 67.0 Å². The molecule has 3 aliphatic rings. The van der Waals surface area contributed by atoms with Crippen molar-refractivity contribution in [1.29, 1.82) is 0 Å². The molecular formula is C52H60F2N4O12S3. The Bertz CT molecular complexity index is 2880. The number of thiazole rings is 1. The number of amides is 2. The lowest BCUT2D eigenvalue weighted by molar-refractivity contribution is -0.216. The minimum absolute atomic E-state index is 0.0150. The van der Waals surface area contributed by atoms with Crippen LogP contribution in [0.2, 0.25) is 0 Å². The molecule has 4 heterocycles. The predicted molar refractivity (Wildman–Crippen MR) is 269 cm³/mol. The van der Waals surface area contributed by atoms with Crippen molar-refractivity contribution in [3.05, 3.63) is 105 Å². The summed E-state index contributed by atoms with van der Waals surface area (Å²) in [4.78, 5) is 59.1. The third kappa shape index (κ3) is 13.0. The molecule has 2 fully saturated rings. The Labute approximate surface area is 431 Å². The van der Waals surface area contributed by atoms with E-state index in [-0.39, 0.29) is 55.0 Å². The average Bonchev–Trinajstić information content (AvgIpc) is 4.15. The van der Waals surface area contributed by atoms with Crippen LogP contribution >= 0.6 is 22.7 Å². The van der Waals surface area contributed by atoms with Gasteiger partial charge in [-0.2, -0.15) is 4.31 Å². The number of aromatic nitrogens is 1. The lowest BCUT2D eigenvalue weighted by Crippen LogP contribution is -2.53. The van der Waals surface area contributed by atoms with Gasteiger partial charge in [-0.25, -0.2) is 36.6 Å². The molecule has 2 aromatic heterocycles. The van der Waals surface area contributed by atoms with E-state index in [2.05, 4.69) is 29.5 Å². The van der Waals surface area contributed by atoms with Gasteiger partial charge in [0.2, 0.25) is 15.8 Å². The van der Waals surface area contributed by atoms with Crippen molar-refractivity contribution in [2.45, 2.75) is 109 Å². The number of carbonyl (C=O) groups excluding carboxylic acids is 4. The van der Waals surface area contributed by atoms with Crippen LogP contribution in [0.4, 0.5) is 18.4 Å². The summed E-state index contributed by atoms with van der Waals surface area (Å²) in [6, 6.07) is 19.3. The van der Waals surface area contributed by atoms with Crippen molar-refractivity contribution < 1.29 is 64.8 Å². The maximum absolute atomic E-state index is 14.2. The Morgan fingerprint density at radius 2 is 1.73 bits per heavy atom. The van der Waals surface area contributed by atoms with E-state index in [1.54, 1.807) is 41.7 Å². The van der Waals surface area contributed by atoms with Gasteiger partial charge in [0.15, 0.2) is 0 Å². The topological polar surface area (TPSA) is 198 Å². The summed E-state index contributed by atoms with van der Waals surface area (Å²) in [6.07, 6.45) is -4.10. The van der Waals surface area contributed by atoms with Crippen LogP contribution in [-0.4, -0.2) is 112 Å². The van der Waals surface area contributed by atoms with E-state index in [1.807, 2.05) is 38.1 Å². The summed E-state index contributed by atoms with van der Waals surface area (Å²) >= 11 is 2.82. The summed E-state index contributed by atoms with van der Waals surface area (Å²) in [7, 11) is -4.60. The summed E-state index contributed by atoms with van der Waals surface area (Å²) < 4.78 is 92.4. The molecule has 0 saturated carbocycles. The maximum Gasteiger partial charge on any atom is 0.407 e. The minimum atomic E-state index is -4.60. The van der Waals surface area contributed by atoms with Crippen molar-refractivity contribution in [2.24, 2.45) is 17.3 Å². The highest BCUT2D eigenvalue weighted by Crippen LogP contribution is 2.46. The zero-order valence-electron chi connectivity index (χ0n) is 41.2. The molecule has 0 spiro atoms. The molecule has 73 heavy (non-hydrogen) atoms. The lowest BCUT2D eigenvalue weighted by atomic mass is 9.76. The molecule has 5 aromatic rings. The van der Waals surface area contributed by atoms with E-state index >= 15 is 0 Å². The average molecular weight is 1070 g/mol. The number of hydrogen-bond acceptors (Lipinski definition) is 15. The maximum atomic E-state index is 14.2. The molecular weight excluding hydrogens is 1010 g/mol. The monoisotopic (exact) mass is 1070 g/mol. The molecule has 3 aromatic carbocycles. The Morgan fingerprint density at radius 1 is 0.959 bits per heavy atom. The number of hydrogen-bond donors (Lipinski definition) is 2. The van der Waals surface area contributed by atoms with Gasteiger partial charge in [0.05, 0.1) is 71.1 Å². The summed E-state index contributed by atoms with van der Waals surface area (Å²) in [6.45, 7) is 7.80. The smallest absolute Gasteiger partial charge is 0.407 e. The molecule has 2 aliphatic heterocycles. The molecule has 2 saturated heterocycles. The van der Waals surface area contributed by atoms with Crippen LogP contribution in [-0.2, 0) is 69.0 Å². The summed E-state index contributed by atoms with van der Waals surface area (Å²) in [5, 5.41) is 5.48. The van der Waals surface area contributed by atoms with Crippen LogP contribution in [0.3, 0.4) is 0 Å². The van der Waals surface area contributed by atoms with Gasteiger partial charge < -0.3 is 39.1 Å². The number of ether oxygens (including phenoxy) is 6. The molecule has 0 radical (unpaired) electrons. The fourth-order valence-corrected chi connectivity index (χ4v) is 13.0. The zero-order chi connectivity index (χ0) is 52.1. The van der Waals surface area contributed by atoms with Gasteiger partial charge in [0, 0.05) is 23.2 Å². The Hall–Kier alpha value is -5.58. The van der Waals surface area contributed by atoms with Crippen LogP contribution in [0.5, 0.6) is 0 Å². The highest BCUT2D eigenvalue weighted by molar-refractivity contribution is 7.89. The molecule has 5 atom stereocenters. The number of esters is 2. The fraction of sp³-hybridized carbons (Fsp3) is 0.481. The summed E-state index contributed by atoms with van der Waals surface area (Å²) in [5.74, 6) is -2.95. The lowest BCUT2D eigenvalue weighted by Gasteiger charge is -2.32. The molecule has 21 heteroatoms. The van der Waals surface area contributed by atoms with Crippen LogP contribution < -0.4 is 10.6 Å². The predicted octanol–water partition coefficient (Wildman–Crippen LogP) is 8.94. The highest BCUT2D eigenvalue weighted by Gasteiger charge is 2.57. The van der Waals surface area contributed by atoms with Gasteiger partial charge in [-0.05, 0) is 83.9 Å². The molecule has 392 valence electrons. The molecule has 2 amide bonds. The quantitative estimate of drug-likeness (QED) is 0.0554. The normalized spacial score (nSPS) is 20.1. The van der Waals surface area contributed by atoms with E-state index in [9.17, 15) is 36.4 Å². The number of nitrogens with one attached hydrogen (secondary N) is 2. The first-order chi connectivity index (χ1) is 34.8. The van der Waals surface area contributed by atoms with Crippen LogP contribution in [0, 0.1) is 17.3 Å². The van der Waals surface area contributed by atoms with Crippen LogP contribution in [0.25, 0.3) is 20.7 Å². The van der Waals surface area contributed by atoms with Crippen molar-refractivity contribution in [1.82, 2.24) is 19.9 Å². The second-order valence-corrected chi connectivity index (χ2v) is 23.7. The summed E-state index contributed by atoms with van der Waals surface area (Å²) in [5.41, 5.74) is 6.17. The van der Waals surface area contributed by atoms with Gasteiger partial charge in [-0.1, -0.05) is 82.3 Å². The number of thiophene rings is 1. The minimum Gasteiger partial charge on any atom is -0.462 e. The SMILES string of the molecule is CC(=O)O[C@H](CN(CC(F)F)S(=O)(=O)c1ccc2ncsc2c1)[C@H](Cc1ccccc1)NC(=O)O[C@H]1CO[C@@]2(COC(=O)NCc3ccc(-c4sc5c(c4C(=O)OCC(C)C)CC(C)(C)CC5)cc3)OCC[C@@H]12. The van der Waals surface area contributed by atoms with Crippen LogP contribution in [0.15, 0.2) is 83.2 Å². The molecule has 1 aliphatic carbocycles. The number of fused-ring (bicyclic) bond motifs is 3. The third-order valence-electron chi connectivity index (χ3n) is 13.2. The number of nitrogens with zero attached hydrogens (tertiary/aromatic N) is 2. The zero-order valence-corrected chi connectivity index (χ0v) is 43.7. The van der Waals surface area contributed by atoms with Crippen LogP contribution in [0.1, 0.15) is 79.4 Å². The molecule has 0 bridgehead atoms. The number of sulfonamides is 1. The van der Waals surface area contributed by atoms with Gasteiger partial charge in [0.25, 0.3) is 6.43 Å². The number of rotatable bonds is 20. The Morgan fingerprint density at radius 3 is 2.45 bits per heavy atom. The van der Waals surface area contributed by atoms with E-state index in [0.29, 0.717) is 38.7 Å². The molecule has 8 rings (SSSR count). The molecule has 0 unspecified atom stereocenters. The number of aryl methyl sites for hydroxylation is 1. The van der Waals surface area contributed by atoms with E-state index in [0.717, 1.165) is 47.8 Å².